The Morgan fingerprint density at radius 3 is 2.50 bits per heavy atom. The lowest BCUT2D eigenvalue weighted by molar-refractivity contribution is 0.0774. The maximum Gasteiger partial charge on any atom is 0.253 e. The first-order chi connectivity index (χ1) is 16.1. The van der Waals surface area contributed by atoms with Gasteiger partial charge in [0.05, 0.1) is 11.7 Å². The van der Waals surface area contributed by atoms with Gasteiger partial charge in [0.1, 0.15) is 5.15 Å². The summed E-state index contributed by atoms with van der Waals surface area (Å²) >= 11 is 5.77. The number of nitrogens with one attached hydrogen (secondary N) is 1. The van der Waals surface area contributed by atoms with Crippen LogP contribution in [0.5, 0.6) is 0 Å². The summed E-state index contributed by atoms with van der Waals surface area (Å²) in [5, 5.41) is 24.0. The molecule has 0 spiro atoms. The van der Waals surface area contributed by atoms with Crippen molar-refractivity contribution in [3.05, 3.63) is 94.0 Å². The van der Waals surface area contributed by atoms with Crippen LogP contribution in [0.3, 0.4) is 0 Å². The van der Waals surface area contributed by atoms with Gasteiger partial charge in [-0.15, -0.1) is 0 Å². The minimum atomic E-state index is -0.985. The number of hydrogen-bond acceptors (Lipinski definition) is 6. The van der Waals surface area contributed by atoms with Crippen molar-refractivity contribution in [2.75, 3.05) is 20.1 Å². The Balaban J connectivity index is 1.47. The lowest BCUT2D eigenvalue weighted by atomic mass is 9.99. The number of pyridine rings is 2. The molecule has 34 heavy (non-hydrogen) atoms. The third-order valence-electron chi connectivity index (χ3n) is 5.53. The van der Waals surface area contributed by atoms with E-state index in [2.05, 4.69) is 15.3 Å². The number of amides is 1. The van der Waals surface area contributed by atoms with Gasteiger partial charge in [0, 0.05) is 55.4 Å². The Kier molecular flexibility index (Phi) is 8.74. The number of carbonyl (C=O) groups excluding carboxylic acids is 1. The predicted octanol–water partition coefficient (Wildman–Crippen LogP) is 3.50. The average Bonchev–Trinajstić information content (AvgIpc) is 2.81. The Labute approximate surface area is 205 Å². The Morgan fingerprint density at radius 1 is 1.12 bits per heavy atom. The minimum Gasteiger partial charge on any atom is -0.387 e. The lowest BCUT2D eigenvalue weighted by Gasteiger charge is -2.21. The number of halogens is 1. The summed E-state index contributed by atoms with van der Waals surface area (Å²) < 4.78 is 0. The van der Waals surface area contributed by atoms with E-state index in [0.717, 1.165) is 17.5 Å². The molecule has 0 fully saturated rings. The zero-order chi connectivity index (χ0) is 24.7. The topological polar surface area (TPSA) is 98.6 Å². The van der Waals surface area contributed by atoms with Crippen LogP contribution >= 0.6 is 11.6 Å². The summed E-state index contributed by atoms with van der Waals surface area (Å²) in [4.78, 5) is 22.6. The fourth-order valence-corrected chi connectivity index (χ4v) is 3.57. The lowest BCUT2D eigenvalue weighted by Crippen LogP contribution is -2.26. The Bertz CT molecular complexity index is 1080. The summed E-state index contributed by atoms with van der Waals surface area (Å²) in [5.74, 6) is -0.0852. The van der Waals surface area contributed by atoms with Crippen molar-refractivity contribution in [3.8, 4) is 0 Å². The number of benzene rings is 1. The second-order valence-electron chi connectivity index (χ2n) is 8.88. The molecular formula is C26H31ClN4O3. The zero-order valence-electron chi connectivity index (χ0n) is 19.7. The maximum atomic E-state index is 12.8. The molecule has 1 aromatic carbocycles. The first-order valence-corrected chi connectivity index (χ1v) is 11.5. The van der Waals surface area contributed by atoms with Gasteiger partial charge in [0.25, 0.3) is 5.91 Å². The molecule has 0 unspecified atom stereocenters. The van der Waals surface area contributed by atoms with Crippen LogP contribution in [0.25, 0.3) is 0 Å². The van der Waals surface area contributed by atoms with Gasteiger partial charge in [0.15, 0.2) is 0 Å². The number of rotatable bonds is 10. The van der Waals surface area contributed by atoms with E-state index < -0.39 is 11.7 Å². The minimum absolute atomic E-state index is 0.0852. The van der Waals surface area contributed by atoms with E-state index >= 15 is 0 Å². The normalized spacial score (nSPS) is 12.4. The first-order valence-electron chi connectivity index (χ1n) is 11.1. The van der Waals surface area contributed by atoms with Gasteiger partial charge in [-0.25, -0.2) is 4.98 Å². The van der Waals surface area contributed by atoms with Crippen LogP contribution in [0, 0.1) is 0 Å². The molecule has 1 amide bonds. The van der Waals surface area contributed by atoms with Crippen molar-refractivity contribution in [2.24, 2.45) is 0 Å². The van der Waals surface area contributed by atoms with Gasteiger partial charge < -0.3 is 20.4 Å². The summed E-state index contributed by atoms with van der Waals surface area (Å²) in [6, 6.07) is 12.8. The van der Waals surface area contributed by atoms with Crippen molar-refractivity contribution in [2.45, 2.75) is 38.5 Å². The smallest absolute Gasteiger partial charge is 0.253 e. The molecule has 2 aromatic heterocycles. The fraction of sp³-hybridized carbons (Fsp3) is 0.346. The molecule has 2 heterocycles. The zero-order valence-corrected chi connectivity index (χ0v) is 20.5. The van der Waals surface area contributed by atoms with Crippen LogP contribution in [0.15, 0.2) is 61.1 Å². The molecule has 0 aliphatic rings. The van der Waals surface area contributed by atoms with Crippen LogP contribution in [-0.2, 0) is 18.6 Å². The van der Waals surface area contributed by atoms with Gasteiger partial charge >= 0.3 is 0 Å². The van der Waals surface area contributed by atoms with Gasteiger partial charge in [-0.1, -0.05) is 29.8 Å². The Morgan fingerprint density at radius 2 is 1.85 bits per heavy atom. The number of carbonyl (C=O) groups is 1. The van der Waals surface area contributed by atoms with Crippen molar-refractivity contribution in [3.63, 3.8) is 0 Å². The standard InChI is InChI=1S/C26H31ClN4O3/c1-26(2,34)22-12-19(13-29-15-22)17-31(3)25(33)20-6-4-18(5-7-20)10-11-28-16-23(32)21-8-9-24(27)30-14-21/h4-9,12-15,23,28,32,34H,10-11,16-17H2,1-3H3/t23-/m0/s1. The van der Waals surface area contributed by atoms with Gasteiger partial charge in [-0.05, 0) is 62.2 Å². The molecule has 0 saturated heterocycles. The molecule has 0 radical (unpaired) electrons. The highest BCUT2D eigenvalue weighted by atomic mass is 35.5. The molecule has 3 aromatic rings. The molecular weight excluding hydrogens is 452 g/mol. The van der Waals surface area contributed by atoms with Crippen molar-refractivity contribution in [1.82, 2.24) is 20.2 Å². The molecule has 7 nitrogen and oxygen atoms in total. The molecule has 3 rings (SSSR count). The van der Waals surface area contributed by atoms with E-state index in [1.807, 2.05) is 30.3 Å². The highest BCUT2D eigenvalue weighted by molar-refractivity contribution is 6.29. The van der Waals surface area contributed by atoms with E-state index in [4.69, 9.17) is 11.6 Å². The highest BCUT2D eigenvalue weighted by Crippen LogP contribution is 2.20. The van der Waals surface area contributed by atoms with Gasteiger partial charge in [-0.2, -0.15) is 0 Å². The van der Waals surface area contributed by atoms with Crippen LogP contribution in [0.1, 0.15) is 52.6 Å². The molecule has 0 bridgehead atoms. The number of hydrogen-bond donors (Lipinski definition) is 3. The molecule has 180 valence electrons. The molecule has 8 heteroatoms. The van der Waals surface area contributed by atoms with E-state index in [1.165, 1.54) is 0 Å². The number of aliphatic hydroxyl groups excluding tert-OH is 1. The van der Waals surface area contributed by atoms with E-state index in [1.54, 1.807) is 56.5 Å². The van der Waals surface area contributed by atoms with Crippen LogP contribution in [0.2, 0.25) is 5.15 Å². The van der Waals surface area contributed by atoms with E-state index in [0.29, 0.717) is 41.5 Å². The Hall–Kier alpha value is -2.84. The molecule has 0 aliphatic carbocycles. The monoisotopic (exact) mass is 482 g/mol. The highest BCUT2D eigenvalue weighted by Gasteiger charge is 2.18. The fourth-order valence-electron chi connectivity index (χ4n) is 3.46. The van der Waals surface area contributed by atoms with Crippen LogP contribution in [0.4, 0.5) is 0 Å². The third kappa shape index (κ3) is 7.33. The maximum absolute atomic E-state index is 12.8. The van der Waals surface area contributed by atoms with Crippen LogP contribution < -0.4 is 5.32 Å². The van der Waals surface area contributed by atoms with Crippen molar-refractivity contribution < 1.29 is 15.0 Å². The summed E-state index contributed by atoms with van der Waals surface area (Å²) in [6.07, 6.45) is 5.02. The second kappa shape index (κ2) is 11.5. The van der Waals surface area contributed by atoms with Crippen molar-refractivity contribution in [1.29, 1.82) is 0 Å². The first kappa shape index (κ1) is 25.8. The second-order valence-corrected chi connectivity index (χ2v) is 9.27. The summed E-state index contributed by atoms with van der Waals surface area (Å²) in [7, 11) is 1.75. The van der Waals surface area contributed by atoms with Crippen LogP contribution in [-0.4, -0.2) is 51.1 Å². The number of aromatic nitrogens is 2. The predicted molar refractivity (Wildman–Crippen MR) is 133 cm³/mol. The molecule has 3 N–H and O–H groups in total. The molecule has 0 aliphatic heterocycles. The van der Waals surface area contributed by atoms with Crippen molar-refractivity contribution >= 4 is 17.5 Å². The summed E-state index contributed by atoms with van der Waals surface area (Å²) in [6.45, 7) is 4.91. The van der Waals surface area contributed by atoms with E-state index in [-0.39, 0.29) is 5.91 Å². The third-order valence-corrected chi connectivity index (χ3v) is 5.76. The summed E-state index contributed by atoms with van der Waals surface area (Å²) in [5.41, 5.74) is 3.00. The molecule has 1 atom stereocenters. The number of aliphatic hydroxyl groups is 2. The quantitative estimate of drug-likeness (QED) is 0.302. The van der Waals surface area contributed by atoms with E-state index in [9.17, 15) is 15.0 Å². The average molecular weight is 483 g/mol. The number of nitrogens with zero attached hydrogens (tertiary/aromatic N) is 3. The van der Waals surface area contributed by atoms with Gasteiger partial charge in [-0.3, -0.25) is 9.78 Å². The molecule has 0 saturated carbocycles. The van der Waals surface area contributed by atoms with Gasteiger partial charge in [0.2, 0.25) is 0 Å². The SMILES string of the molecule is CN(Cc1cncc(C(C)(C)O)c1)C(=O)c1ccc(CCNC[C@H](O)c2ccc(Cl)nc2)cc1. The largest absolute Gasteiger partial charge is 0.387 e.